The van der Waals surface area contributed by atoms with Crippen LogP contribution in [0, 0.1) is 18.8 Å². The molecule has 1 fully saturated rings. The van der Waals surface area contributed by atoms with Gasteiger partial charge in [-0.15, -0.1) is 0 Å². The first-order valence-electron chi connectivity index (χ1n) is 8.61. The molecule has 0 saturated heterocycles. The van der Waals surface area contributed by atoms with Crippen LogP contribution >= 0.6 is 0 Å². The van der Waals surface area contributed by atoms with Gasteiger partial charge in [-0.2, -0.15) is 0 Å². The third-order valence-corrected chi connectivity index (χ3v) is 4.80. The van der Waals surface area contributed by atoms with Crippen LogP contribution in [0.3, 0.4) is 0 Å². The summed E-state index contributed by atoms with van der Waals surface area (Å²) in [5.41, 5.74) is 0.897. The van der Waals surface area contributed by atoms with E-state index in [2.05, 4.69) is 10.5 Å². The predicted molar refractivity (Wildman–Crippen MR) is 95.2 cm³/mol. The summed E-state index contributed by atoms with van der Waals surface area (Å²) in [4.78, 5) is 26.7. The lowest BCUT2D eigenvalue weighted by molar-refractivity contribution is -0.126. The fourth-order valence-electron chi connectivity index (χ4n) is 3.31. The summed E-state index contributed by atoms with van der Waals surface area (Å²) in [6.45, 7) is 1.78. The zero-order valence-electron chi connectivity index (χ0n) is 14.6. The zero-order chi connectivity index (χ0) is 17.8. The molecule has 3 rings (SSSR count). The molecule has 1 N–H and O–H groups in total. The summed E-state index contributed by atoms with van der Waals surface area (Å²) in [7, 11) is 1.81. The maximum Gasteiger partial charge on any atom is 0.229 e. The lowest BCUT2D eigenvalue weighted by Gasteiger charge is -2.29. The molecule has 0 unspecified atom stereocenters. The van der Waals surface area contributed by atoms with E-state index in [1.54, 1.807) is 17.9 Å². The number of hydrogen-bond donors (Lipinski definition) is 1. The molecule has 6 heteroatoms. The third-order valence-electron chi connectivity index (χ3n) is 4.80. The van der Waals surface area contributed by atoms with Gasteiger partial charge in [-0.1, -0.05) is 23.4 Å². The Balaban J connectivity index is 1.52. The van der Waals surface area contributed by atoms with E-state index in [1.807, 2.05) is 37.4 Å². The topological polar surface area (TPSA) is 75.4 Å². The second-order valence-electron chi connectivity index (χ2n) is 6.59. The van der Waals surface area contributed by atoms with E-state index in [1.165, 1.54) is 0 Å². The Morgan fingerprint density at radius 1 is 1.12 bits per heavy atom. The lowest BCUT2D eigenvalue weighted by atomic mass is 9.81. The Kier molecular flexibility index (Phi) is 5.16. The van der Waals surface area contributed by atoms with Crippen LogP contribution in [0.4, 0.5) is 11.5 Å². The molecular formula is C19H23N3O3. The van der Waals surface area contributed by atoms with E-state index < -0.39 is 0 Å². The number of aryl methyl sites for hydroxylation is 1. The average molecular weight is 341 g/mol. The number of nitrogens with zero attached hydrogens (tertiary/aromatic N) is 2. The number of rotatable bonds is 4. The fraction of sp³-hybridized carbons (Fsp3) is 0.421. The number of aromatic nitrogens is 1. The smallest absolute Gasteiger partial charge is 0.229 e. The highest BCUT2D eigenvalue weighted by Crippen LogP contribution is 2.31. The molecule has 1 aromatic carbocycles. The van der Waals surface area contributed by atoms with Gasteiger partial charge in [-0.3, -0.25) is 9.59 Å². The SMILES string of the molecule is Cc1cc(NC(=O)C2CCC(C(=O)N(C)c3ccccc3)CC2)no1. The van der Waals surface area contributed by atoms with Crippen LogP contribution in [-0.2, 0) is 9.59 Å². The molecule has 1 aliphatic rings. The van der Waals surface area contributed by atoms with E-state index in [-0.39, 0.29) is 23.7 Å². The molecule has 1 aliphatic carbocycles. The number of carbonyl (C=O) groups excluding carboxylic acids is 2. The molecule has 6 nitrogen and oxygen atoms in total. The van der Waals surface area contributed by atoms with Crippen molar-refractivity contribution in [2.24, 2.45) is 11.8 Å². The standard InChI is InChI=1S/C19H23N3O3/c1-13-12-17(21-25-13)20-18(23)14-8-10-15(11-9-14)19(24)22(2)16-6-4-3-5-7-16/h3-7,12,14-15H,8-11H2,1-2H3,(H,20,21,23). The summed E-state index contributed by atoms with van der Waals surface area (Å²) in [5.74, 6) is 1.08. The van der Waals surface area contributed by atoms with E-state index in [0.29, 0.717) is 24.4 Å². The Labute approximate surface area is 147 Å². The van der Waals surface area contributed by atoms with Crippen LogP contribution in [0.15, 0.2) is 40.9 Å². The number of para-hydroxylation sites is 1. The average Bonchev–Trinajstić information content (AvgIpc) is 3.06. The molecule has 0 bridgehead atoms. The minimum atomic E-state index is -0.0805. The Bertz CT molecular complexity index is 733. The van der Waals surface area contributed by atoms with Gasteiger partial charge in [0.15, 0.2) is 5.82 Å². The molecule has 0 atom stereocenters. The van der Waals surface area contributed by atoms with Crippen molar-refractivity contribution in [3.63, 3.8) is 0 Å². The molecule has 2 aromatic rings. The number of nitrogens with one attached hydrogen (secondary N) is 1. The van der Waals surface area contributed by atoms with Crippen LogP contribution in [0.5, 0.6) is 0 Å². The van der Waals surface area contributed by atoms with Crippen molar-refractivity contribution in [1.29, 1.82) is 0 Å². The fourth-order valence-corrected chi connectivity index (χ4v) is 3.31. The maximum atomic E-state index is 12.7. The molecular weight excluding hydrogens is 318 g/mol. The van der Waals surface area contributed by atoms with Crippen LogP contribution in [-0.4, -0.2) is 24.0 Å². The van der Waals surface area contributed by atoms with E-state index >= 15 is 0 Å². The van der Waals surface area contributed by atoms with Crippen molar-refractivity contribution < 1.29 is 14.1 Å². The second kappa shape index (κ2) is 7.51. The minimum Gasteiger partial charge on any atom is -0.360 e. The number of anilines is 2. The monoisotopic (exact) mass is 341 g/mol. The minimum absolute atomic E-state index is 0.0245. The first kappa shape index (κ1) is 17.2. The van der Waals surface area contributed by atoms with Crippen molar-refractivity contribution in [1.82, 2.24) is 5.16 Å². The number of benzene rings is 1. The summed E-state index contributed by atoms with van der Waals surface area (Å²) in [6.07, 6.45) is 2.88. The highest BCUT2D eigenvalue weighted by Gasteiger charge is 2.31. The Morgan fingerprint density at radius 3 is 2.36 bits per heavy atom. The van der Waals surface area contributed by atoms with Crippen LogP contribution in [0.1, 0.15) is 31.4 Å². The van der Waals surface area contributed by atoms with Crippen molar-refractivity contribution in [2.45, 2.75) is 32.6 Å². The van der Waals surface area contributed by atoms with Crippen molar-refractivity contribution in [3.05, 3.63) is 42.2 Å². The summed E-state index contributed by atoms with van der Waals surface area (Å²) in [6, 6.07) is 11.3. The molecule has 1 heterocycles. The molecule has 1 saturated carbocycles. The first-order chi connectivity index (χ1) is 12.0. The van der Waals surface area contributed by atoms with Crippen LogP contribution in [0.25, 0.3) is 0 Å². The highest BCUT2D eigenvalue weighted by atomic mass is 16.5. The maximum absolute atomic E-state index is 12.7. The number of amides is 2. The largest absolute Gasteiger partial charge is 0.360 e. The van der Waals surface area contributed by atoms with Gasteiger partial charge in [0.05, 0.1) is 0 Å². The van der Waals surface area contributed by atoms with Gasteiger partial charge in [0, 0.05) is 30.6 Å². The van der Waals surface area contributed by atoms with Gasteiger partial charge in [-0.25, -0.2) is 0 Å². The van der Waals surface area contributed by atoms with E-state index in [0.717, 1.165) is 18.5 Å². The molecule has 0 spiro atoms. The Morgan fingerprint density at radius 2 is 1.76 bits per heavy atom. The molecule has 132 valence electrons. The van der Waals surface area contributed by atoms with Gasteiger partial charge >= 0.3 is 0 Å². The van der Waals surface area contributed by atoms with Crippen molar-refractivity contribution in [2.75, 3.05) is 17.3 Å². The van der Waals surface area contributed by atoms with E-state index in [9.17, 15) is 9.59 Å². The van der Waals surface area contributed by atoms with Gasteiger partial charge in [0.2, 0.25) is 11.8 Å². The Hall–Kier alpha value is -2.63. The number of carbonyl (C=O) groups is 2. The van der Waals surface area contributed by atoms with Crippen molar-refractivity contribution >= 4 is 23.3 Å². The molecule has 1 aromatic heterocycles. The normalized spacial score (nSPS) is 20.1. The molecule has 0 aliphatic heterocycles. The van der Waals surface area contributed by atoms with E-state index in [4.69, 9.17) is 4.52 Å². The molecule has 0 radical (unpaired) electrons. The van der Waals surface area contributed by atoms with Gasteiger partial charge in [0.25, 0.3) is 0 Å². The lowest BCUT2D eigenvalue weighted by Crippen LogP contribution is -2.36. The quantitative estimate of drug-likeness (QED) is 0.925. The van der Waals surface area contributed by atoms with Gasteiger partial charge in [-0.05, 0) is 44.7 Å². The number of hydrogen-bond acceptors (Lipinski definition) is 4. The zero-order valence-corrected chi connectivity index (χ0v) is 14.6. The predicted octanol–water partition coefficient (Wildman–Crippen LogP) is 3.39. The summed E-state index contributed by atoms with van der Waals surface area (Å²) in [5, 5.41) is 6.57. The summed E-state index contributed by atoms with van der Waals surface area (Å²) >= 11 is 0. The molecule has 25 heavy (non-hydrogen) atoms. The highest BCUT2D eigenvalue weighted by molar-refractivity contribution is 5.95. The van der Waals surface area contributed by atoms with Crippen LogP contribution in [0.2, 0.25) is 0 Å². The first-order valence-corrected chi connectivity index (χ1v) is 8.61. The van der Waals surface area contributed by atoms with Gasteiger partial charge < -0.3 is 14.7 Å². The van der Waals surface area contributed by atoms with Gasteiger partial charge in [0.1, 0.15) is 5.76 Å². The summed E-state index contributed by atoms with van der Waals surface area (Å²) < 4.78 is 4.95. The second-order valence-corrected chi connectivity index (χ2v) is 6.59. The third kappa shape index (κ3) is 4.07. The molecule has 2 amide bonds. The van der Waals surface area contributed by atoms with Crippen molar-refractivity contribution in [3.8, 4) is 0 Å². The van der Waals surface area contributed by atoms with Crippen LogP contribution < -0.4 is 10.2 Å².